The number of amides is 1. The first-order valence-electron chi connectivity index (χ1n) is 6.72. The first-order chi connectivity index (χ1) is 8.74. The number of nitrogens with one attached hydrogen (secondary N) is 1. The molecular formula is C15H18ClNO. The van der Waals surface area contributed by atoms with Crippen LogP contribution in [0.25, 0.3) is 0 Å². The van der Waals surface area contributed by atoms with Crippen LogP contribution in [0.15, 0.2) is 30.3 Å². The van der Waals surface area contributed by atoms with Crippen LogP contribution in [-0.2, 0) is 4.79 Å². The molecule has 4 unspecified atom stereocenters. The number of rotatable bonds is 1. The van der Waals surface area contributed by atoms with Crippen LogP contribution in [-0.4, -0.2) is 17.3 Å². The van der Waals surface area contributed by atoms with Crippen LogP contribution in [0.4, 0.5) is 0 Å². The normalized spacial score (nSPS) is 35.7. The summed E-state index contributed by atoms with van der Waals surface area (Å²) in [4.78, 5) is 11.8. The molecule has 1 heterocycles. The van der Waals surface area contributed by atoms with E-state index in [1.54, 1.807) is 0 Å². The smallest absolute Gasteiger partial charge is 0.220 e. The first-order valence-corrected chi connectivity index (χ1v) is 7.16. The Labute approximate surface area is 113 Å². The van der Waals surface area contributed by atoms with Gasteiger partial charge < -0.3 is 5.32 Å². The molecule has 1 N–H and O–H groups in total. The molecule has 18 heavy (non-hydrogen) atoms. The number of carbonyl (C=O) groups is 1. The van der Waals surface area contributed by atoms with E-state index in [4.69, 9.17) is 11.6 Å². The lowest BCUT2D eigenvalue weighted by atomic mass is 9.70. The minimum Gasteiger partial charge on any atom is -0.353 e. The quantitative estimate of drug-likeness (QED) is 0.776. The fourth-order valence-corrected chi connectivity index (χ4v) is 3.79. The molecule has 1 saturated heterocycles. The molecular weight excluding hydrogens is 246 g/mol. The Morgan fingerprint density at radius 1 is 1.17 bits per heavy atom. The Morgan fingerprint density at radius 2 is 1.94 bits per heavy atom. The van der Waals surface area contributed by atoms with Crippen molar-refractivity contribution in [3.05, 3.63) is 35.9 Å². The van der Waals surface area contributed by atoms with Gasteiger partial charge >= 0.3 is 0 Å². The molecule has 2 nitrogen and oxygen atoms in total. The monoisotopic (exact) mass is 263 g/mol. The second-order valence-corrected chi connectivity index (χ2v) is 6.09. The van der Waals surface area contributed by atoms with Crippen molar-refractivity contribution in [2.24, 2.45) is 5.92 Å². The lowest BCUT2D eigenvalue weighted by Crippen LogP contribution is -2.51. The summed E-state index contributed by atoms with van der Waals surface area (Å²) in [6.45, 7) is 0. The van der Waals surface area contributed by atoms with Crippen LogP contribution >= 0.6 is 11.6 Å². The summed E-state index contributed by atoms with van der Waals surface area (Å²) in [5.41, 5.74) is 1.29. The molecule has 0 aromatic heterocycles. The van der Waals surface area contributed by atoms with Crippen molar-refractivity contribution in [2.75, 3.05) is 0 Å². The van der Waals surface area contributed by atoms with E-state index < -0.39 is 0 Å². The van der Waals surface area contributed by atoms with Crippen LogP contribution in [0.1, 0.15) is 37.2 Å². The molecule has 1 aliphatic heterocycles. The van der Waals surface area contributed by atoms with Crippen LogP contribution < -0.4 is 5.32 Å². The summed E-state index contributed by atoms with van der Waals surface area (Å²) in [5, 5.41) is 3.41. The molecule has 1 aromatic carbocycles. The summed E-state index contributed by atoms with van der Waals surface area (Å²) in [6.07, 6.45) is 3.67. The zero-order valence-electron chi connectivity index (χ0n) is 10.3. The number of carbonyl (C=O) groups excluding carboxylic acids is 1. The molecule has 3 heteroatoms. The number of benzene rings is 1. The van der Waals surface area contributed by atoms with E-state index in [-0.39, 0.29) is 11.3 Å². The van der Waals surface area contributed by atoms with Crippen LogP contribution in [0, 0.1) is 5.92 Å². The highest BCUT2D eigenvalue weighted by Crippen LogP contribution is 2.42. The van der Waals surface area contributed by atoms with Gasteiger partial charge in [0, 0.05) is 17.8 Å². The molecule has 0 spiro atoms. The third-order valence-corrected chi connectivity index (χ3v) is 4.73. The molecule has 3 rings (SSSR count). The highest BCUT2D eigenvalue weighted by Gasteiger charge is 2.40. The fourth-order valence-electron chi connectivity index (χ4n) is 3.46. The highest BCUT2D eigenvalue weighted by atomic mass is 35.5. The topological polar surface area (TPSA) is 29.1 Å². The molecule has 1 amide bonds. The van der Waals surface area contributed by atoms with Gasteiger partial charge in [0.1, 0.15) is 0 Å². The largest absolute Gasteiger partial charge is 0.353 e. The highest BCUT2D eigenvalue weighted by molar-refractivity contribution is 6.20. The summed E-state index contributed by atoms with van der Waals surface area (Å²) in [6, 6.07) is 10.7. The average Bonchev–Trinajstić information content (AvgIpc) is 2.39. The van der Waals surface area contributed by atoms with Crippen molar-refractivity contribution in [3.8, 4) is 0 Å². The van der Waals surface area contributed by atoms with Crippen molar-refractivity contribution in [3.63, 3.8) is 0 Å². The number of hydrogen-bond acceptors (Lipinski definition) is 1. The molecule has 2 fully saturated rings. The zero-order chi connectivity index (χ0) is 12.5. The molecule has 2 aliphatic rings. The van der Waals surface area contributed by atoms with E-state index in [0.717, 1.165) is 19.3 Å². The van der Waals surface area contributed by atoms with Crippen LogP contribution in [0.2, 0.25) is 0 Å². The number of fused-ring (bicyclic) bond motifs is 1. The molecule has 4 atom stereocenters. The fraction of sp³-hybridized carbons (Fsp3) is 0.533. The summed E-state index contributed by atoms with van der Waals surface area (Å²) in [7, 11) is 0. The second kappa shape index (κ2) is 4.93. The van der Waals surface area contributed by atoms with E-state index in [9.17, 15) is 4.79 Å². The molecule has 1 saturated carbocycles. The summed E-state index contributed by atoms with van der Waals surface area (Å²) in [5.74, 6) is 1.03. The van der Waals surface area contributed by atoms with Gasteiger partial charge in [0.25, 0.3) is 0 Å². The SMILES string of the molecule is O=C1CC(c2ccccc2)C2CC(Cl)CCC2N1. The minimum absolute atomic E-state index is 0.193. The Bertz CT molecular complexity index is 433. The predicted molar refractivity (Wildman–Crippen MR) is 72.7 cm³/mol. The second-order valence-electron chi connectivity index (χ2n) is 5.47. The van der Waals surface area contributed by atoms with Crippen molar-refractivity contribution in [1.29, 1.82) is 0 Å². The Balaban J connectivity index is 1.88. The van der Waals surface area contributed by atoms with Gasteiger partial charge in [0.15, 0.2) is 0 Å². The third kappa shape index (κ3) is 2.26. The molecule has 96 valence electrons. The Hall–Kier alpha value is -1.02. The standard InChI is InChI=1S/C15H18ClNO/c16-11-6-7-14-13(8-11)12(9-15(18)17-14)10-4-2-1-3-5-10/h1-5,11-14H,6-9H2,(H,17,18). The summed E-state index contributed by atoms with van der Waals surface area (Å²) >= 11 is 6.31. The summed E-state index contributed by atoms with van der Waals surface area (Å²) < 4.78 is 0. The van der Waals surface area contributed by atoms with E-state index in [1.807, 2.05) is 6.07 Å². The number of alkyl halides is 1. The van der Waals surface area contributed by atoms with Crippen molar-refractivity contribution < 1.29 is 4.79 Å². The van der Waals surface area contributed by atoms with Crippen LogP contribution in [0.5, 0.6) is 0 Å². The van der Waals surface area contributed by atoms with Gasteiger partial charge in [-0.25, -0.2) is 0 Å². The van der Waals surface area contributed by atoms with Gasteiger partial charge in [-0.05, 0) is 36.7 Å². The van der Waals surface area contributed by atoms with Crippen molar-refractivity contribution >= 4 is 17.5 Å². The van der Waals surface area contributed by atoms with Gasteiger partial charge in [-0.2, -0.15) is 0 Å². The third-order valence-electron chi connectivity index (χ3n) is 4.33. The molecule has 0 radical (unpaired) electrons. The van der Waals surface area contributed by atoms with Gasteiger partial charge in [-0.3, -0.25) is 4.79 Å². The van der Waals surface area contributed by atoms with E-state index >= 15 is 0 Å². The van der Waals surface area contributed by atoms with Crippen molar-refractivity contribution in [1.82, 2.24) is 5.32 Å². The number of halogens is 1. The maximum absolute atomic E-state index is 11.8. The van der Waals surface area contributed by atoms with Gasteiger partial charge in [-0.15, -0.1) is 11.6 Å². The van der Waals surface area contributed by atoms with E-state index in [0.29, 0.717) is 24.3 Å². The maximum atomic E-state index is 11.8. The Morgan fingerprint density at radius 3 is 2.72 bits per heavy atom. The number of piperidine rings is 1. The lowest BCUT2D eigenvalue weighted by Gasteiger charge is -2.43. The maximum Gasteiger partial charge on any atom is 0.220 e. The molecule has 1 aromatic rings. The van der Waals surface area contributed by atoms with Gasteiger partial charge in [0.2, 0.25) is 5.91 Å². The molecule has 1 aliphatic carbocycles. The Kier molecular flexibility index (Phi) is 3.29. The lowest BCUT2D eigenvalue weighted by molar-refractivity contribution is -0.125. The number of hydrogen-bond donors (Lipinski definition) is 1. The van der Waals surface area contributed by atoms with E-state index in [2.05, 4.69) is 29.6 Å². The van der Waals surface area contributed by atoms with Gasteiger partial charge in [-0.1, -0.05) is 30.3 Å². The zero-order valence-corrected chi connectivity index (χ0v) is 11.1. The van der Waals surface area contributed by atoms with Crippen molar-refractivity contribution in [2.45, 2.75) is 43.0 Å². The minimum atomic E-state index is 0.193. The average molecular weight is 264 g/mol. The van der Waals surface area contributed by atoms with Crippen LogP contribution in [0.3, 0.4) is 0 Å². The first kappa shape index (κ1) is 12.0. The predicted octanol–water partition coefficient (Wildman–Crippen LogP) is 3.07. The van der Waals surface area contributed by atoms with Gasteiger partial charge in [0.05, 0.1) is 0 Å². The molecule has 0 bridgehead atoms. The van der Waals surface area contributed by atoms with E-state index in [1.165, 1.54) is 5.56 Å².